The normalized spacial score (nSPS) is 12.3. The number of carbonyl (C=O) groups is 3. The summed E-state index contributed by atoms with van der Waals surface area (Å²) in [5.74, 6) is -2.77. The van der Waals surface area contributed by atoms with E-state index in [0.717, 1.165) is 20.3 Å². The maximum absolute atomic E-state index is 11.3. The summed E-state index contributed by atoms with van der Waals surface area (Å²) >= 11 is 0. The smallest absolute Gasteiger partial charge is 0.373 e. The first-order chi connectivity index (χ1) is 8.46. The molecule has 18 heavy (non-hydrogen) atoms. The van der Waals surface area contributed by atoms with Gasteiger partial charge in [-0.15, -0.1) is 0 Å². The van der Waals surface area contributed by atoms with Gasteiger partial charge in [0.25, 0.3) is 0 Å². The Bertz CT molecular complexity index is 345. The van der Waals surface area contributed by atoms with Gasteiger partial charge >= 0.3 is 17.9 Å². The molecule has 0 rings (SSSR count). The summed E-state index contributed by atoms with van der Waals surface area (Å²) in [5, 5.41) is 0. The summed E-state index contributed by atoms with van der Waals surface area (Å²) in [6.07, 6.45) is -0.248. The number of hydrogen-bond donors (Lipinski definition) is 0. The number of esters is 3. The molecule has 102 valence electrons. The lowest BCUT2D eigenvalue weighted by molar-refractivity contribution is -0.156. The third-order valence-corrected chi connectivity index (χ3v) is 1.76. The zero-order valence-electron chi connectivity index (χ0n) is 10.7. The summed E-state index contributed by atoms with van der Waals surface area (Å²) < 4.78 is 18.4. The van der Waals surface area contributed by atoms with Crippen molar-refractivity contribution in [3.63, 3.8) is 0 Å². The minimum atomic E-state index is -1.04. The molecule has 0 heterocycles. The SMILES string of the molecule is CCOC(=O)C(C)O/C(=C/C(=O)OC)C(=O)OC. The van der Waals surface area contributed by atoms with Gasteiger partial charge in [0.1, 0.15) is 0 Å². The largest absolute Gasteiger partial charge is 0.471 e. The molecular formula is C11H16O7. The Kier molecular flexibility index (Phi) is 7.18. The molecule has 7 nitrogen and oxygen atoms in total. The molecule has 0 aromatic rings. The molecule has 0 aromatic heterocycles. The number of hydrogen-bond acceptors (Lipinski definition) is 7. The number of rotatable bonds is 6. The van der Waals surface area contributed by atoms with E-state index in [0.29, 0.717) is 0 Å². The Hall–Kier alpha value is -2.05. The van der Waals surface area contributed by atoms with Crippen molar-refractivity contribution in [1.29, 1.82) is 0 Å². The van der Waals surface area contributed by atoms with E-state index in [1.54, 1.807) is 6.92 Å². The fourth-order valence-electron chi connectivity index (χ4n) is 0.906. The maximum atomic E-state index is 11.3. The van der Waals surface area contributed by atoms with Crippen LogP contribution in [0.5, 0.6) is 0 Å². The molecule has 0 radical (unpaired) electrons. The van der Waals surface area contributed by atoms with Crippen LogP contribution in [0.25, 0.3) is 0 Å². The minimum Gasteiger partial charge on any atom is -0.471 e. The summed E-state index contributed by atoms with van der Waals surface area (Å²) in [7, 11) is 2.26. The van der Waals surface area contributed by atoms with Gasteiger partial charge in [-0.1, -0.05) is 0 Å². The quantitative estimate of drug-likeness (QED) is 0.291. The van der Waals surface area contributed by atoms with E-state index in [9.17, 15) is 14.4 Å². The van der Waals surface area contributed by atoms with Crippen molar-refractivity contribution >= 4 is 17.9 Å². The van der Waals surface area contributed by atoms with E-state index in [1.165, 1.54) is 6.92 Å². The van der Waals surface area contributed by atoms with Crippen molar-refractivity contribution in [1.82, 2.24) is 0 Å². The zero-order valence-corrected chi connectivity index (χ0v) is 10.7. The summed E-state index contributed by atoms with van der Waals surface area (Å²) in [6.45, 7) is 3.20. The number of carbonyl (C=O) groups excluding carboxylic acids is 3. The summed E-state index contributed by atoms with van der Waals surface area (Å²) in [5.41, 5.74) is 0. The van der Waals surface area contributed by atoms with Crippen LogP contribution < -0.4 is 0 Å². The number of ether oxygens (including phenoxy) is 4. The monoisotopic (exact) mass is 260 g/mol. The molecule has 0 aliphatic heterocycles. The fraction of sp³-hybridized carbons (Fsp3) is 0.545. The van der Waals surface area contributed by atoms with Crippen molar-refractivity contribution in [3.8, 4) is 0 Å². The first-order valence-corrected chi connectivity index (χ1v) is 5.17. The zero-order chi connectivity index (χ0) is 14.1. The van der Waals surface area contributed by atoms with Crippen LogP contribution in [0, 0.1) is 0 Å². The van der Waals surface area contributed by atoms with Gasteiger partial charge in [-0.05, 0) is 13.8 Å². The second-order valence-electron chi connectivity index (χ2n) is 3.04. The Labute approximate surface area is 105 Å². The number of methoxy groups -OCH3 is 2. The Morgan fingerprint density at radius 3 is 2.22 bits per heavy atom. The first-order valence-electron chi connectivity index (χ1n) is 5.17. The lowest BCUT2D eigenvalue weighted by Gasteiger charge is -2.14. The third kappa shape index (κ3) is 5.33. The lowest BCUT2D eigenvalue weighted by Crippen LogP contribution is -2.26. The highest BCUT2D eigenvalue weighted by atomic mass is 16.6. The van der Waals surface area contributed by atoms with Gasteiger partial charge in [-0.2, -0.15) is 0 Å². The maximum Gasteiger partial charge on any atom is 0.373 e. The Morgan fingerprint density at radius 1 is 1.17 bits per heavy atom. The van der Waals surface area contributed by atoms with E-state index in [1.807, 2.05) is 0 Å². The van der Waals surface area contributed by atoms with Crippen molar-refractivity contribution in [2.45, 2.75) is 20.0 Å². The second kappa shape index (κ2) is 8.10. The molecule has 0 saturated heterocycles. The molecular weight excluding hydrogens is 244 g/mol. The molecule has 0 bridgehead atoms. The minimum absolute atomic E-state index is 0.181. The molecule has 1 atom stereocenters. The Balaban J connectivity index is 4.80. The molecule has 0 amide bonds. The van der Waals surface area contributed by atoms with Crippen LogP contribution in [0.4, 0.5) is 0 Å². The molecule has 0 aliphatic rings. The highest BCUT2D eigenvalue weighted by Gasteiger charge is 2.22. The van der Waals surface area contributed by atoms with Gasteiger partial charge in [0.15, 0.2) is 6.10 Å². The van der Waals surface area contributed by atoms with E-state index in [-0.39, 0.29) is 6.61 Å². The molecule has 0 N–H and O–H groups in total. The van der Waals surface area contributed by atoms with Crippen LogP contribution in [0.2, 0.25) is 0 Å². The topological polar surface area (TPSA) is 88.1 Å². The average Bonchev–Trinajstić information content (AvgIpc) is 2.36. The second-order valence-corrected chi connectivity index (χ2v) is 3.04. The van der Waals surface area contributed by atoms with Crippen LogP contribution in [0.1, 0.15) is 13.8 Å². The first kappa shape index (κ1) is 16.0. The van der Waals surface area contributed by atoms with Crippen LogP contribution >= 0.6 is 0 Å². The molecule has 0 fully saturated rings. The van der Waals surface area contributed by atoms with Gasteiger partial charge in [-0.3, -0.25) is 0 Å². The van der Waals surface area contributed by atoms with E-state index < -0.39 is 29.8 Å². The predicted molar refractivity (Wildman–Crippen MR) is 59.3 cm³/mol. The molecule has 1 unspecified atom stereocenters. The molecule has 0 saturated carbocycles. The van der Waals surface area contributed by atoms with Gasteiger partial charge in [0.05, 0.1) is 26.9 Å². The standard InChI is InChI=1S/C11H16O7/c1-5-17-10(13)7(2)18-8(11(14)16-4)6-9(12)15-3/h6-7H,5H2,1-4H3/b8-6+. The van der Waals surface area contributed by atoms with Crippen LogP contribution in [-0.4, -0.2) is 44.8 Å². The third-order valence-electron chi connectivity index (χ3n) is 1.76. The molecule has 0 aliphatic carbocycles. The van der Waals surface area contributed by atoms with E-state index in [4.69, 9.17) is 4.74 Å². The highest BCUT2D eigenvalue weighted by molar-refractivity contribution is 5.95. The van der Waals surface area contributed by atoms with E-state index >= 15 is 0 Å². The summed E-state index contributed by atoms with van der Waals surface area (Å²) in [4.78, 5) is 33.6. The fourth-order valence-corrected chi connectivity index (χ4v) is 0.906. The van der Waals surface area contributed by atoms with Gasteiger partial charge in [-0.25, -0.2) is 14.4 Å². The van der Waals surface area contributed by atoms with Crippen molar-refractivity contribution in [2.75, 3.05) is 20.8 Å². The highest BCUT2D eigenvalue weighted by Crippen LogP contribution is 2.07. The van der Waals surface area contributed by atoms with Gasteiger partial charge in [0, 0.05) is 0 Å². The van der Waals surface area contributed by atoms with E-state index in [2.05, 4.69) is 14.2 Å². The predicted octanol–water partition coefficient (Wildman–Crippen LogP) is 0.184. The van der Waals surface area contributed by atoms with Crippen LogP contribution in [-0.2, 0) is 33.3 Å². The molecule has 0 aromatic carbocycles. The summed E-state index contributed by atoms with van der Waals surface area (Å²) in [6, 6.07) is 0. The van der Waals surface area contributed by atoms with Crippen LogP contribution in [0.15, 0.2) is 11.8 Å². The van der Waals surface area contributed by atoms with Crippen molar-refractivity contribution in [3.05, 3.63) is 11.8 Å². The lowest BCUT2D eigenvalue weighted by atomic mass is 10.4. The van der Waals surface area contributed by atoms with Crippen molar-refractivity contribution in [2.24, 2.45) is 0 Å². The molecule has 0 spiro atoms. The van der Waals surface area contributed by atoms with Crippen LogP contribution in [0.3, 0.4) is 0 Å². The van der Waals surface area contributed by atoms with Gasteiger partial charge < -0.3 is 18.9 Å². The Morgan fingerprint density at radius 2 is 1.78 bits per heavy atom. The average molecular weight is 260 g/mol. The molecule has 7 heteroatoms. The van der Waals surface area contributed by atoms with Crippen molar-refractivity contribution < 1.29 is 33.3 Å². The van der Waals surface area contributed by atoms with Gasteiger partial charge in [0.2, 0.25) is 5.76 Å².